The van der Waals surface area contributed by atoms with E-state index in [-0.39, 0.29) is 51.0 Å². The van der Waals surface area contributed by atoms with Gasteiger partial charge in [-0.3, -0.25) is 9.59 Å². The lowest BCUT2D eigenvalue weighted by Crippen LogP contribution is -2.54. The molecule has 36 heavy (non-hydrogen) atoms. The Morgan fingerprint density at radius 3 is 1.28 bits per heavy atom. The SMILES string of the molecule is CC(CC(C)(NC(=O)CC(C)(C)CC(C)(C)C(C)C)C(C)C)NC(=O)CC(C)(C)CC(C)(C)C(C)C. The van der Waals surface area contributed by atoms with Gasteiger partial charge < -0.3 is 10.6 Å². The van der Waals surface area contributed by atoms with Crippen molar-refractivity contribution in [1.29, 1.82) is 0 Å². The average molecular weight is 509 g/mol. The van der Waals surface area contributed by atoms with Gasteiger partial charge in [0.25, 0.3) is 0 Å². The van der Waals surface area contributed by atoms with E-state index in [1.165, 1.54) is 0 Å². The molecule has 0 radical (unpaired) electrons. The van der Waals surface area contributed by atoms with Crippen molar-refractivity contribution < 1.29 is 9.59 Å². The fourth-order valence-electron chi connectivity index (χ4n) is 5.68. The molecule has 0 aromatic heterocycles. The highest BCUT2D eigenvalue weighted by atomic mass is 16.2. The van der Waals surface area contributed by atoms with Gasteiger partial charge in [-0.15, -0.1) is 0 Å². The van der Waals surface area contributed by atoms with Crippen molar-refractivity contribution in [2.45, 2.75) is 154 Å². The van der Waals surface area contributed by atoms with E-state index in [1.807, 2.05) is 0 Å². The van der Waals surface area contributed by atoms with Crippen molar-refractivity contribution >= 4 is 11.8 Å². The molecule has 214 valence electrons. The Kier molecular flexibility index (Phi) is 12.3. The Labute approximate surface area is 225 Å². The van der Waals surface area contributed by atoms with Crippen molar-refractivity contribution in [2.75, 3.05) is 0 Å². The number of hydrogen-bond donors (Lipinski definition) is 2. The maximum absolute atomic E-state index is 13.2. The van der Waals surface area contributed by atoms with Gasteiger partial charge in [0.15, 0.2) is 0 Å². The largest absolute Gasteiger partial charge is 0.354 e. The highest BCUT2D eigenvalue weighted by Gasteiger charge is 2.37. The van der Waals surface area contributed by atoms with Gasteiger partial charge in [-0.2, -0.15) is 0 Å². The van der Waals surface area contributed by atoms with Gasteiger partial charge in [-0.25, -0.2) is 0 Å². The van der Waals surface area contributed by atoms with Crippen LogP contribution in [0.5, 0.6) is 0 Å². The molecule has 0 heterocycles. The lowest BCUT2D eigenvalue weighted by Gasteiger charge is -2.40. The summed E-state index contributed by atoms with van der Waals surface area (Å²) in [6.07, 6.45) is 3.73. The highest BCUT2D eigenvalue weighted by molar-refractivity contribution is 5.78. The van der Waals surface area contributed by atoms with Crippen molar-refractivity contribution in [3.63, 3.8) is 0 Å². The molecule has 0 aliphatic heterocycles. The van der Waals surface area contributed by atoms with Crippen LogP contribution < -0.4 is 10.6 Å². The fourth-order valence-corrected chi connectivity index (χ4v) is 5.68. The van der Waals surface area contributed by atoms with Crippen LogP contribution in [0.15, 0.2) is 0 Å². The van der Waals surface area contributed by atoms with E-state index in [2.05, 4.69) is 121 Å². The summed E-state index contributed by atoms with van der Waals surface area (Å²) in [5, 5.41) is 6.61. The molecule has 4 nitrogen and oxygen atoms in total. The van der Waals surface area contributed by atoms with Crippen LogP contribution in [0.25, 0.3) is 0 Å². The monoisotopic (exact) mass is 508 g/mol. The fraction of sp³-hybridized carbons (Fsp3) is 0.938. The molecule has 2 atom stereocenters. The number of nitrogens with one attached hydrogen (secondary N) is 2. The van der Waals surface area contributed by atoms with Crippen LogP contribution in [0, 0.1) is 39.4 Å². The first-order chi connectivity index (χ1) is 15.8. The zero-order valence-electron chi connectivity index (χ0n) is 27.2. The van der Waals surface area contributed by atoms with E-state index >= 15 is 0 Å². The number of hydrogen-bond acceptors (Lipinski definition) is 2. The van der Waals surface area contributed by atoms with Crippen LogP contribution in [-0.2, 0) is 9.59 Å². The first kappa shape index (κ1) is 34.9. The molecule has 2 unspecified atom stereocenters. The third-order valence-electron chi connectivity index (χ3n) is 9.11. The maximum atomic E-state index is 13.2. The van der Waals surface area contributed by atoms with Crippen LogP contribution in [0.1, 0.15) is 143 Å². The summed E-state index contributed by atoms with van der Waals surface area (Å²) in [7, 11) is 0. The zero-order chi connectivity index (χ0) is 28.9. The summed E-state index contributed by atoms with van der Waals surface area (Å²) in [6, 6.07) is -0.0213. The molecule has 0 fully saturated rings. The van der Waals surface area contributed by atoms with Gasteiger partial charge in [0.1, 0.15) is 0 Å². The third-order valence-corrected chi connectivity index (χ3v) is 9.11. The Balaban J connectivity index is 5.19. The second kappa shape index (κ2) is 12.7. The van der Waals surface area contributed by atoms with Crippen molar-refractivity contribution in [1.82, 2.24) is 10.6 Å². The summed E-state index contributed by atoms with van der Waals surface area (Å²) in [5.41, 5.74) is -0.161. The van der Waals surface area contributed by atoms with Crippen molar-refractivity contribution in [3.05, 3.63) is 0 Å². The number of amides is 2. The van der Waals surface area contributed by atoms with Gasteiger partial charge in [-0.05, 0) is 72.5 Å². The number of rotatable bonds is 15. The molecule has 0 aromatic carbocycles. The average Bonchev–Trinajstić information content (AvgIpc) is 2.56. The van der Waals surface area contributed by atoms with E-state index < -0.39 is 0 Å². The lowest BCUT2D eigenvalue weighted by molar-refractivity contribution is -0.126. The van der Waals surface area contributed by atoms with Gasteiger partial charge in [-0.1, -0.05) is 96.9 Å². The van der Waals surface area contributed by atoms with E-state index in [0.717, 1.165) is 12.8 Å². The van der Waals surface area contributed by atoms with Gasteiger partial charge >= 0.3 is 0 Å². The third kappa shape index (κ3) is 12.0. The first-order valence-electron chi connectivity index (χ1n) is 14.4. The molecule has 0 saturated carbocycles. The molecule has 0 rings (SSSR count). The molecule has 2 amide bonds. The Bertz CT molecular complexity index is 716. The highest BCUT2D eigenvalue weighted by Crippen LogP contribution is 2.42. The van der Waals surface area contributed by atoms with Crippen LogP contribution in [0.4, 0.5) is 0 Å². The quantitative estimate of drug-likeness (QED) is 0.233. The summed E-state index contributed by atoms with van der Waals surface area (Å²) >= 11 is 0. The summed E-state index contributed by atoms with van der Waals surface area (Å²) < 4.78 is 0. The van der Waals surface area contributed by atoms with Gasteiger partial charge in [0.05, 0.1) is 0 Å². The maximum Gasteiger partial charge on any atom is 0.220 e. The van der Waals surface area contributed by atoms with Crippen LogP contribution in [0.2, 0.25) is 0 Å². The summed E-state index contributed by atoms with van der Waals surface area (Å²) in [6.45, 7) is 35.5. The smallest absolute Gasteiger partial charge is 0.220 e. The molecule has 0 aromatic rings. The molecule has 2 N–H and O–H groups in total. The molecule has 0 aliphatic rings. The van der Waals surface area contributed by atoms with E-state index in [1.54, 1.807) is 0 Å². The summed E-state index contributed by atoms with van der Waals surface area (Å²) in [4.78, 5) is 26.2. The topological polar surface area (TPSA) is 58.2 Å². The van der Waals surface area contributed by atoms with Crippen LogP contribution in [-0.4, -0.2) is 23.4 Å². The summed E-state index contributed by atoms with van der Waals surface area (Å²) in [5.74, 6) is 1.58. The molecule has 0 spiro atoms. The Hall–Kier alpha value is -1.06. The number of carbonyl (C=O) groups excluding carboxylic acids is 2. The molecule has 4 heteroatoms. The van der Waals surface area contributed by atoms with Crippen molar-refractivity contribution in [3.8, 4) is 0 Å². The van der Waals surface area contributed by atoms with Gasteiger partial charge in [0, 0.05) is 24.4 Å². The minimum atomic E-state index is -0.386. The predicted molar refractivity (Wildman–Crippen MR) is 157 cm³/mol. The first-order valence-corrected chi connectivity index (χ1v) is 14.4. The van der Waals surface area contributed by atoms with E-state index in [4.69, 9.17) is 0 Å². The molecule has 0 bridgehead atoms. The second-order valence-electron chi connectivity index (χ2n) is 16.1. The van der Waals surface area contributed by atoms with Crippen LogP contribution >= 0.6 is 0 Å². The minimum absolute atomic E-state index is 0.0213. The normalized spacial score (nSPS) is 16.3. The second-order valence-corrected chi connectivity index (χ2v) is 16.1. The van der Waals surface area contributed by atoms with Gasteiger partial charge in [0.2, 0.25) is 11.8 Å². The van der Waals surface area contributed by atoms with E-state index in [0.29, 0.717) is 31.1 Å². The zero-order valence-corrected chi connectivity index (χ0v) is 27.2. The Morgan fingerprint density at radius 2 is 0.944 bits per heavy atom. The predicted octanol–water partition coefficient (Wildman–Crippen LogP) is 8.39. The minimum Gasteiger partial charge on any atom is -0.354 e. The molecule has 0 aliphatic carbocycles. The lowest BCUT2D eigenvalue weighted by atomic mass is 9.68. The van der Waals surface area contributed by atoms with E-state index in [9.17, 15) is 9.59 Å². The standard InChI is InChI=1S/C32H64N2O2/c1-22(2)30(12,13)20-28(8,9)18-26(35)33-25(7)17-32(16,24(5)6)34-27(36)19-29(10,11)21-31(14,15)23(3)4/h22-25H,17-21H2,1-16H3,(H,33,35)(H,34,36). The van der Waals surface area contributed by atoms with Crippen LogP contribution in [0.3, 0.4) is 0 Å². The molecular weight excluding hydrogens is 444 g/mol. The molecule has 0 saturated heterocycles. The number of carbonyl (C=O) groups is 2. The molecular formula is C32H64N2O2. The Morgan fingerprint density at radius 1 is 0.583 bits per heavy atom. The van der Waals surface area contributed by atoms with Crippen molar-refractivity contribution in [2.24, 2.45) is 39.4 Å².